The lowest BCUT2D eigenvalue weighted by Crippen LogP contribution is -2.33. The molecule has 0 atom stereocenters. The molecule has 1 heterocycles. The zero-order valence-corrected chi connectivity index (χ0v) is 16.8. The maximum absolute atomic E-state index is 5.77. The van der Waals surface area contributed by atoms with Gasteiger partial charge in [-0.2, -0.15) is 0 Å². The van der Waals surface area contributed by atoms with E-state index >= 15 is 0 Å². The molecule has 0 bridgehead atoms. The molecule has 1 rings (SSSR count). The maximum atomic E-state index is 5.77. The van der Waals surface area contributed by atoms with E-state index in [4.69, 9.17) is 23.7 Å². The molecule has 156 valence electrons. The fourth-order valence-electron chi connectivity index (χ4n) is 2.81. The van der Waals surface area contributed by atoms with Gasteiger partial charge in [0.15, 0.2) is 0 Å². The van der Waals surface area contributed by atoms with Crippen LogP contribution in [0.3, 0.4) is 0 Å². The third kappa shape index (κ3) is 16.0. The second-order valence-electron chi connectivity index (χ2n) is 6.68. The van der Waals surface area contributed by atoms with Gasteiger partial charge in [0.05, 0.1) is 59.0 Å². The summed E-state index contributed by atoms with van der Waals surface area (Å²) < 4.78 is 27.8. The number of piperidine rings is 1. The first-order valence-corrected chi connectivity index (χ1v) is 10.6. The Morgan fingerprint density at radius 3 is 1.69 bits per heavy atom. The third-order valence-electron chi connectivity index (χ3n) is 4.38. The molecule has 1 fully saturated rings. The summed E-state index contributed by atoms with van der Waals surface area (Å²) in [5.41, 5.74) is 0. The van der Waals surface area contributed by atoms with E-state index in [1.807, 2.05) is 0 Å². The van der Waals surface area contributed by atoms with E-state index in [1.165, 1.54) is 25.7 Å². The number of unbranched alkanes of at least 4 members (excludes halogenated alkanes) is 4. The van der Waals surface area contributed by atoms with Gasteiger partial charge in [0, 0.05) is 6.61 Å². The van der Waals surface area contributed by atoms with E-state index in [2.05, 4.69) is 12.2 Å². The summed E-state index contributed by atoms with van der Waals surface area (Å²) in [6.45, 7) is 10.3. The highest BCUT2D eigenvalue weighted by atomic mass is 16.6. The molecule has 1 aliphatic rings. The number of rotatable bonds is 19. The van der Waals surface area contributed by atoms with E-state index in [9.17, 15) is 0 Å². The number of hydrogen-bond acceptors (Lipinski definition) is 6. The van der Waals surface area contributed by atoms with Crippen LogP contribution in [0.25, 0.3) is 0 Å². The molecule has 0 unspecified atom stereocenters. The van der Waals surface area contributed by atoms with Crippen LogP contribution in [-0.4, -0.2) is 78.7 Å². The Labute approximate surface area is 160 Å². The van der Waals surface area contributed by atoms with Crippen molar-refractivity contribution < 1.29 is 23.7 Å². The highest BCUT2D eigenvalue weighted by Gasteiger charge is 2.12. The molecule has 6 nitrogen and oxygen atoms in total. The first kappa shape index (κ1) is 23.8. The fourth-order valence-corrected chi connectivity index (χ4v) is 2.81. The maximum Gasteiger partial charge on any atom is 0.0704 e. The minimum absolute atomic E-state index is 0.401. The van der Waals surface area contributed by atoms with Crippen molar-refractivity contribution in [2.24, 2.45) is 0 Å². The smallest absolute Gasteiger partial charge is 0.0704 e. The highest BCUT2D eigenvalue weighted by molar-refractivity contribution is 4.67. The largest absolute Gasteiger partial charge is 0.379 e. The van der Waals surface area contributed by atoms with Crippen LogP contribution >= 0.6 is 0 Å². The van der Waals surface area contributed by atoms with Gasteiger partial charge < -0.3 is 29.0 Å². The van der Waals surface area contributed by atoms with Gasteiger partial charge in [0.25, 0.3) is 0 Å². The summed E-state index contributed by atoms with van der Waals surface area (Å²) in [7, 11) is 0. The fraction of sp³-hybridized carbons (Fsp3) is 1.00. The van der Waals surface area contributed by atoms with Crippen molar-refractivity contribution in [1.82, 2.24) is 5.32 Å². The number of ether oxygens (including phenoxy) is 5. The second-order valence-corrected chi connectivity index (χ2v) is 6.68. The molecule has 6 heteroatoms. The Bertz CT molecular complexity index is 275. The van der Waals surface area contributed by atoms with E-state index in [-0.39, 0.29) is 0 Å². The van der Waals surface area contributed by atoms with Crippen molar-refractivity contribution in [1.29, 1.82) is 0 Å². The van der Waals surface area contributed by atoms with Crippen molar-refractivity contribution in [3.05, 3.63) is 0 Å². The van der Waals surface area contributed by atoms with Gasteiger partial charge in [-0.05, 0) is 32.4 Å². The van der Waals surface area contributed by atoms with Crippen molar-refractivity contribution in [3.8, 4) is 0 Å². The first-order chi connectivity index (χ1) is 12.9. The van der Waals surface area contributed by atoms with Crippen LogP contribution in [0, 0.1) is 0 Å². The first-order valence-electron chi connectivity index (χ1n) is 10.6. The molecular weight excluding hydrogens is 334 g/mol. The molecule has 0 aliphatic carbocycles. The van der Waals surface area contributed by atoms with Gasteiger partial charge >= 0.3 is 0 Å². The minimum atomic E-state index is 0.401. The SMILES string of the molecule is CCCCCCCOCCOCCOCCOCCOC1CCNCC1. The molecule has 0 spiro atoms. The molecule has 1 saturated heterocycles. The lowest BCUT2D eigenvalue weighted by Gasteiger charge is -2.22. The van der Waals surface area contributed by atoms with Crippen molar-refractivity contribution in [3.63, 3.8) is 0 Å². The van der Waals surface area contributed by atoms with Crippen LogP contribution < -0.4 is 5.32 Å². The molecule has 0 aromatic heterocycles. The number of nitrogens with one attached hydrogen (secondary N) is 1. The van der Waals surface area contributed by atoms with E-state index in [0.717, 1.165) is 39.0 Å². The summed E-state index contributed by atoms with van der Waals surface area (Å²) in [6, 6.07) is 0. The summed E-state index contributed by atoms with van der Waals surface area (Å²) in [5.74, 6) is 0. The normalized spacial score (nSPS) is 15.6. The van der Waals surface area contributed by atoms with E-state index in [1.54, 1.807) is 0 Å². The molecule has 0 amide bonds. The Morgan fingerprint density at radius 2 is 1.12 bits per heavy atom. The Morgan fingerprint density at radius 1 is 0.615 bits per heavy atom. The van der Waals surface area contributed by atoms with Crippen LogP contribution in [0.4, 0.5) is 0 Å². The molecule has 26 heavy (non-hydrogen) atoms. The van der Waals surface area contributed by atoms with Gasteiger partial charge in [0.1, 0.15) is 0 Å². The molecule has 0 aromatic rings. The molecular formula is C20H41NO5. The van der Waals surface area contributed by atoms with Crippen LogP contribution in [0.15, 0.2) is 0 Å². The van der Waals surface area contributed by atoms with Crippen molar-refractivity contribution >= 4 is 0 Å². The minimum Gasteiger partial charge on any atom is -0.379 e. The molecule has 1 aliphatic heterocycles. The monoisotopic (exact) mass is 375 g/mol. The number of hydrogen-bond donors (Lipinski definition) is 1. The van der Waals surface area contributed by atoms with E-state index in [0.29, 0.717) is 59.0 Å². The van der Waals surface area contributed by atoms with Crippen molar-refractivity contribution in [2.75, 3.05) is 72.6 Å². The summed E-state index contributed by atoms with van der Waals surface area (Å²) in [4.78, 5) is 0. The van der Waals surface area contributed by atoms with Gasteiger partial charge in [-0.1, -0.05) is 32.6 Å². The zero-order chi connectivity index (χ0) is 18.5. The second kappa shape index (κ2) is 19.5. The molecule has 0 aromatic carbocycles. The predicted molar refractivity (Wildman–Crippen MR) is 104 cm³/mol. The molecule has 0 radical (unpaired) electrons. The van der Waals surface area contributed by atoms with Gasteiger partial charge in [-0.25, -0.2) is 0 Å². The predicted octanol–water partition coefficient (Wildman–Crippen LogP) is 2.79. The Hall–Kier alpha value is -0.240. The summed E-state index contributed by atoms with van der Waals surface area (Å²) in [6.07, 6.45) is 8.98. The summed E-state index contributed by atoms with van der Waals surface area (Å²) >= 11 is 0. The van der Waals surface area contributed by atoms with Gasteiger partial charge in [-0.15, -0.1) is 0 Å². The third-order valence-corrected chi connectivity index (χ3v) is 4.38. The van der Waals surface area contributed by atoms with Gasteiger partial charge in [-0.3, -0.25) is 0 Å². The van der Waals surface area contributed by atoms with Crippen LogP contribution in [0.2, 0.25) is 0 Å². The van der Waals surface area contributed by atoms with Crippen LogP contribution in [0.5, 0.6) is 0 Å². The molecule has 1 N–H and O–H groups in total. The van der Waals surface area contributed by atoms with Crippen molar-refractivity contribution in [2.45, 2.75) is 58.0 Å². The highest BCUT2D eigenvalue weighted by Crippen LogP contribution is 2.06. The summed E-state index contributed by atoms with van der Waals surface area (Å²) in [5, 5.41) is 3.33. The Kier molecular flexibility index (Phi) is 17.9. The zero-order valence-electron chi connectivity index (χ0n) is 16.8. The standard InChI is InChI=1S/C20H41NO5/c1-2-3-4-5-6-11-22-12-13-23-14-15-24-16-17-25-18-19-26-20-7-9-21-10-8-20/h20-21H,2-19H2,1H3. The van der Waals surface area contributed by atoms with Crippen LogP contribution in [-0.2, 0) is 23.7 Å². The Balaban J connectivity index is 1.65. The topological polar surface area (TPSA) is 58.2 Å². The van der Waals surface area contributed by atoms with Gasteiger partial charge in [0.2, 0.25) is 0 Å². The lowest BCUT2D eigenvalue weighted by molar-refractivity contribution is -0.0280. The van der Waals surface area contributed by atoms with E-state index < -0.39 is 0 Å². The van der Waals surface area contributed by atoms with Crippen LogP contribution in [0.1, 0.15) is 51.9 Å². The molecule has 0 saturated carbocycles. The lowest BCUT2D eigenvalue weighted by atomic mass is 10.1. The quantitative estimate of drug-likeness (QED) is 0.350. The average molecular weight is 376 g/mol. The average Bonchev–Trinajstić information content (AvgIpc) is 2.68.